The number of carbonyl (C=O) groups excluding carboxylic acids is 1. The van der Waals surface area contributed by atoms with E-state index in [1.807, 2.05) is 42.3 Å². The Morgan fingerprint density at radius 2 is 1.91 bits per heavy atom. The van der Waals surface area contributed by atoms with Gasteiger partial charge in [-0.15, -0.1) is 11.3 Å². The molecule has 1 atom stereocenters. The molecule has 1 amide bonds. The van der Waals surface area contributed by atoms with Crippen molar-refractivity contribution in [3.05, 3.63) is 82.8 Å². The van der Waals surface area contributed by atoms with E-state index in [0.717, 1.165) is 34.7 Å². The number of fused-ring (bicyclic) bond motifs is 3. The van der Waals surface area contributed by atoms with Gasteiger partial charge in [-0.2, -0.15) is 5.10 Å². The van der Waals surface area contributed by atoms with E-state index in [2.05, 4.69) is 35.2 Å². The van der Waals surface area contributed by atoms with Gasteiger partial charge in [-0.1, -0.05) is 12.1 Å². The van der Waals surface area contributed by atoms with E-state index in [1.54, 1.807) is 29.5 Å². The van der Waals surface area contributed by atoms with E-state index in [1.165, 1.54) is 27.9 Å². The number of hydrogen-bond donors (Lipinski definition) is 0. The average Bonchev–Trinajstić information content (AvgIpc) is 3.52. The molecule has 0 bridgehead atoms. The highest BCUT2D eigenvalue weighted by molar-refractivity contribution is 7.17. The van der Waals surface area contributed by atoms with E-state index >= 15 is 0 Å². The molecule has 2 aromatic heterocycles. The Morgan fingerprint density at radius 1 is 1.12 bits per heavy atom. The van der Waals surface area contributed by atoms with Gasteiger partial charge in [0.25, 0.3) is 5.91 Å². The lowest BCUT2D eigenvalue weighted by Crippen LogP contribution is -2.29. The van der Waals surface area contributed by atoms with Gasteiger partial charge in [0.05, 0.1) is 23.7 Å². The summed E-state index contributed by atoms with van der Waals surface area (Å²) in [5, 5.41) is 4.16. The number of hydrogen-bond acceptors (Lipinski definition) is 5. The lowest BCUT2D eigenvalue weighted by atomic mass is 9.91. The van der Waals surface area contributed by atoms with Crippen LogP contribution in [0.5, 0.6) is 5.75 Å². The fraction of sp³-hybridized carbons (Fsp3) is 0.240. The third-order valence-corrected chi connectivity index (χ3v) is 7.40. The zero-order chi connectivity index (χ0) is 22.2. The summed E-state index contributed by atoms with van der Waals surface area (Å²) < 4.78 is 7.09. The van der Waals surface area contributed by atoms with Crippen LogP contribution in [0.3, 0.4) is 0 Å². The monoisotopic (exact) mass is 444 g/mol. The number of benzene rings is 2. The first-order valence-electron chi connectivity index (χ1n) is 10.6. The predicted molar refractivity (Wildman–Crippen MR) is 126 cm³/mol. The van der Waals surface area contributed by atoms with Crippen LogP contribution in [0, 0.1) is 0 Å². The summed E-state index contributed by atoms with van der Waals surface area (Å²) in [4.78, 5) is 21.1. The number of ether oxygens (including phenoxy) is 1. The van der Waals surface area contributed by atoms with Crippen LogP contribution < -0.4 is 4.74 Å². The third kappa shape index (κ3) is 3.58. The van der Waals surface area contributed by atoms with Crippen LogP contribution in [0.1, 0.15) is 39.3 Å². The summed E-state index contributed by atoms with van der Waals surface area (Å²) in [5.74, 6) is 0.927. The van der Waals surface area contributed by atoms with Gasteiger partial charge in [0.1, 0.15) is 18.4 Å². The van der Waals surface area contributed by atoms with Crippen LogP contribution in [0.4, 0.5) is 0 Å². The molecule has 0 N–H and O–H groups in total. The number of rotatable bonds is 5. The van der Waals surface area contributed by atoms with E-state index in [0.29, 0.717) is 0 Å². The van der Waals surface area contributed by atoms with Gasteiger partial charge in [-0.3, -0.25) is 4.79 Å². The molecular formula is C25H24N4O2S. The highest BCUT2D eigenvalue weighted by atomic mass is 32.1. The molecule has 1 aliphatic carbocycles. The zero-order valence-electron chi connectivity index (χ0n) is 18.3. The summed E-state index contributed by atoms with van der Waals surface area (Å²) in [5.41, 5.74) is 5.77. The Bertz CT molecular complexity index is 1260. The molecule has 2 aromatic carbocycles. The maximum Gasteiger partial charge on any atom is 0.264 e. The van der Waals surface area contributed by atoms with E-state index in [-0.39, 0.29) is 11.9 Å². The van der Waals surface area contributed by atoms with Crippen LogP contribution >= 0.6 is 11.3 Å². The molecule has 7 heteroatoms. The van der Waals surface area contributed by atoms with Crippen molar-refractivity contribution in [1.29, 1.82) is 0 Å². The van der Waals surface area contributed by atoms with Gasteiger partial charge < -0.3 is 9.64 Å². The van der Waals surface area contributed by atoms with Crippen molar-refractivity contribution >= 4 is 17.2 Å². The predicted octanol–water partition coefficient (Wildman–Crippen LogP) is 4.94. The molecule has 6 nitrogen and oxygen atoms in total. The van der Waals surface area contributed by atoms with E-state index in [9.17, 15) is 4.79 Å². The number of aromatic nitrogens is 3. The quantitative estimate of drug-likeness (QED) is 0.438. The van der Waals surface area contributed by atoms with Crippen LogP contribution in [-0.2, 0) is 12.8 Å². The first kappa shape index (κ1) is 20.5. The number of aryl methyl sites for hydroxylation is 2. The summed E-state index contributed by atoms with van der Waals surface area (Å²) in [6, 6.07) is 16.3. The molecule has 0 saturated carbocycles. The molecular weight excluding hydrogens is 420 g/mol. The average molecular weight is 445 g/mol. The largest absolute Gasteiger partial charge is 0.497 e. The topological polar surface area (TPSA) is 60.2 Å². The highest BCUT2D eigenvalue weighted by Crippen LogP contribution is 2.41. The number of thiophene rings is 1. The fourth-order valence-corrected chi connectivity index (χ4v) is 5.42. The molecule has 162 valence electrons. The molecule has 1 unspecified atom stereocenters. The minimum Gasteiger partial charge on any atom is -0.497 e. The lowest BCUT2D eigenvalue weighted by molar-refractivity contribution is 0.0747. The van der Waals surface area contributed by atoms with Crippen molar-refractivity contribution in [3.63, 3.8) is 0 Å². The molecule has 0 fully saturated rings. The van der Waals surface area contributed by atoms with Crippen molar-refractivity contribution < 1.29 is 9.53 Å². The number of methoxy groups -OCH3 is 1. The minimum atomic E-state index is -0.0528. The van der Waals surface area contributed by atoms with Crippen LogP contribution in [-0.4, -0.2) is 39.7 Å². The minimum absolute atomic E-state index is 0.0484. The SMILES string of the molecule is COc1ccc2c(c1)CCc1cc(C(=O)N(C)C(C)c3ccc(-n4cncn4)cc3)sc1-2. The molecule has 0 radical (unpaired) electrons. The Kier molecular flexibility index (Phi) is 5.27. The number of amides is 1. The van der Waals surface area contributed by atoms with Gasteiger partial charge in [0.2, 0.25) is 0 Å². The summed E-state index contributed by atoms with van der Waals surface area (Å²) in [6.07, 6.45) is 5.09. The standard InChI is InChI=1S/C25H24N4O2S/c1-16(17-6-8-20(9-7-17)29-15-26-14-27-29)28(2)25(30)23-13-19-5-4-18-12-21(31-3)10-11-22(18)24(19)32-23/h6-16H,4-5H2,1-3H3. The van der Waals surface area contributed by atoms with Crippen molar-refractivity contribution in [2.24, 2.45) is 0 Å². The number of carbonyl (C=O) groups is 1. The smallest absolute Gasteiger partial charge is 0.264 e. The zero-order valence-corrected chi connectivity index (χ0v) is 19.1. The van der Waals surface area contributed by atoms with E-state index < -0.39 is 0 Å². The second-order valence-electron chi connectivity index (χ2n) is 8.01. The second kappa shape index (κ2) is 8.24. The van der Waals surface area contributed by atoms with Crippen LogP contribution in [0.15, 0.2) is 61.2 Å². The van der Waals surface area contributed by atoms with E-state index in [4.69, 9.17) is 4.74 Å². The molecule has 0 spiro atoms. The Hall–Kier alpha value is -3.45. The van der Waals surface area contributed by atoms with Gasteiger partial charge in [-0.25, -0.2) is 9.67 Å². The second-order valence-corrected chi connectivity index (χ2v) is 9.06. The van der Waals surface area contributed by atoms with Crippen molar-refractivity contribution in [2.45, 2.75) is 25.8 Å². The molecule has 0 saturated heterocycles. The lowest BCUT2D eigenvalue weighted by Gasteiger charge is -2.25. The molecule has 0 aliphatic heterocycles. The third-order valence-electron chi connectivity index (χ3n) is 6.20. The fourth-order valence-electron chi connectivity index (χ4n) is 4.16. The Labute approximate surface area is 191 Å². The first-order valence-corrected chi connectivity index (χ1v) is 11.4. The normalized spacial score (nSPS) is 13.2. The van der Waals surface area contributed by atoms with Crippen molar-refractivity contribution in [1.82, 2.24) is 19.7 Å². The molecule has 4 aromatic rings. The maximum absolute atomic E-state index is 13.3. The van der Waals surface area contributed by atoms with Crippen molar-refractivity contribution in [3.8, 4) is 21.9 Å². The summed E-state index contributed by atoms with van der Waals surface area (Å²) >= 11 is 1.59. The Morgan fingerprint density at radius 3 is 2.62 bits per heavy atom. The van der Waals surface area contributed by atoms with Gasteiger partial charge in [0.15, 0.2) is 0 Å². The van der Waals surface area contributed by atoms with Crippen LogP contribution in [0.2, 0.25) is 0 Å². The number of nitrogens with zero attached hydrogens (tertiary/aromatic N) is 4. The maximum atomic E-state index is 13.3. The Balaban J connectivity index is 1.37. The van der Waals surface area contributed by atoms with Gasteiger partial charge in [-0.05, 0) is 78.4 Å². The molecule has 1 aliphatic rings. The summed E-state index contributed by atoms with van der Waals surface area (Å²) in [6.45, 7) is 2.05. The van der Waals surface area contributed by atoms with Crippen molar-refractivity contribution in [2.75, 3.05) is 14.2 Å². The van der Waals surface area contributed by atoms with Crippen LogP contribution in [0.25, 0.3) is 16.1 Å². The molecule has 2 heterocycles. The molecule has 32 heavy (non-hydrogen) atoms. The first-order chi connectivity index (χ1) is 15.5. The van der Waals surface area contributed by atoms with Gasteiger partial charge >= 0.3 is 0 Å². The molecule has 5 rings (SSSR count). The summed E-state index contributed by atoms with van der Waals surface area (Å²) in [7, 11) is 3.56. The van der Waals surface area contributed by atoms with Gasteiger partial charge in [0, 0.05) is 11.9 Å². The highest BCUT2D eigenvalue weighted by Gasteiger charge is 2.25.